The Balaban J connectivity index is 0.000000771. The van der Waals surface area contributed by atoms with E-state index in [0.717, 1.165) is 50.7 Å². The fraction of sp³-hybridized carbons (Fsp3) is 0.714. The molecular formula is C14H26N4. The highest BCUT2D eigenvalue weighted by atomic mass is 15.3. The van der Waals surface area contributed by atoms with Gasteiger partial charge in [-0.2, -0.15) is 0 Å². The minimum absolute atomic E-state index is 0.955. The highest BCUT2D eigenvalue weighted by molar-refractivity contribution is 5.36. The fourth-order valence-corrected chi connectivity index (χ4v) is 1.99. The van der Waals surface area contributed by atoms with Crippen LogP contribution in [0.5, 0.6) is 0 Å². The lowest BCUT2D eigenvalue weighted by Gasteiger charge is -2.34. The lowest BCUT2D eigenvalue weighted by atomic mass is 10.3. The average Bonchev–Trinajstić information content (AvgIpc) is 2.49. The third-order valence-corrected chi connectivity index (χ3v) is 3.20. The SMILES string of the molecule is CC.CCc1cnc(N2CCN(CC)CC2)cn1. The Morgan fingerprint density at radius 1 is 1.00 bits per heavy atom. The van der Waals surface area contributed by atoms with E-state index in [4.69, 9.17) is 0 Å². The lowest BCUT2D eigenvalue weighted by Crippen LogP contribution is -2.46. The minimum atomic E-state index is 0.955. The second-order valence-electron chi connectivity index (χ2n) is 4.14. The smallest absolute Gasteiger partial charge is 0.147 e. The molecular weight excluding hydrogens is 224 g/mol. The molecule has 0 amide bonds. The summed E-state index contributed by atoms with van der Waals surface area (Å²) in [6.45, 7) is 13.9. The van der Waals surface area contributed by atoms with Crippen LogP contribution < -0.4 is 4.90 Å². The first-order valence-electron chi connectivity index (χ1n) is 7.11. The molecule has 0 bridgehead atoms. The number of rotatable bonds is 3. The Hall–Kier alpha value is -1.16. The van der Waals surface area contributed by atoms with Crippen LogP contribution in [0.25, 0.3) is 0 Å². The maximum absolute atomic E-state index is 4.47. The van der Waals surface area contributed by atoms with Crippen LogP contribution in [0.3, 0.4) is 0 Å². The fourth-order valence-electron chi connectivity index (χ4n) is 1.99. The minimum Gasteiger partial charge on any atom is -0.353 e. The van der Waals surface area contributed by atoms with Crippen LogP contribution in [-0.4, -0.2) is 47.6 Å². The van der Waals surface area contributed by atoms with Gasteiger partial charge in [0.25, 0.3) is 0 Å². The highest BCUT2D eigenvalue weighted by Gasteiger charge is 2.16. The Morgan fingerprint density at radius 2 is 1.67 bits per heavy atom. The number of likely N-dealkylation sites (N-methyl/N-ethyl adjacent to an activating group) is 1. The van der Waals surface area contributed by atoms with Crippen LogP contribution in [0.2, 0.25) is 0 Å². The van der Waals surface area contributed by atoms with E-state index in [2.05, 4.69) is 33.6 Å². The molecule has 0 spiro atoms. The molecule has 1 aliphatic heterocycles. The van der Waals surface area contributed by atoms with Gasteiger partial charge in [-0.1, -0.05) is 27.7 Å². The molecule has 1 fully saturated rings. The third kappa shape index (κ3) is 3.95. The van der Waals surface area contributed by atoms with Gasteiger partial charge in [0, 0.05) is 26.2 Å². The van der Waals surface area contributed by atoms with Crippen molar-refractivity contribution in [3.63, 3.8) is 0 Å². The predicted molar refractivity (Wildman–Crippen MR) is 77.1 cm³/mol. The van der Waals surface area contributed by atoms with Crippen molar-refractivity contribution in [3.05, 3.63) is 18.1 Å². The highest BCUT2D eigenvalue weighted by Crippen LogP contribution is 2.12. The van der Waals surface area contributed by atoms with Gasteiger partial charge in [0.1, 0.15) is 5.82 Å². The lowest BCUT2D eigenvalue weighted by molar-refractivity contribution is 0.270. The average molecular weight is 250 g/mol. The van der Waals surface area contributed by atoms with E-state index in [-0.39, 0.29) is 0 Å². The number of aromatic nitrogens is 2. The summed E-state index contributed by atoms with van der Waals surface area (Å²) >= 11 is 0. The van der Waals surface area contributed by atoms with Crippen LogP contribution in [0.4, 0.5) is 5.82 Å². The van der Waals surface area contributed by atoms with Crippen molar-refractivity contribution in [1.29, 1.82) is 0 Å². The van der Waals surface area contributed by atoms with Crippen molar-refractivity contribution in [2.24, 2.45) is 0 Å². The van der Waals surface area contributed by atoms with Crippen molar-refractivity contribution in [3.8, 4) is 0 Å². The summed E-state index contributed by atoms with van der Waals surface area (Å²) in [5.41, 5.74) is 1.07. The molecule has 1 aliphatic rings. The van der Waals surface area contributed by atoms with Crippen LogP contribution in [-0.2, 0) is 6.42 Å². The molecule has 0 unspecified atom stereocenters. The number of nitrogens with zero attached hydrogens (tertiary/aromatic N) is 4. The van der Waals surface area contributed by atoms with Crippen LogP contribution in [0.1, 0.15) is 33.4 Å². The number of anilines is 1. The zero-order valence-electron chi connectivity index (χ0n) is 12.2. The zero-order chi connectivity index (χ0) is 13.4. The van der Waals surface area contributed by atoms with Gasteiger partial charge in [-0.3, -0.25) is 4.98 Å². The molecule has 0 aromatic carbocycles. The van der Waals surface area contributed by atoms with E-state index >= 15 is 0 Å². The molecule has 0 atom stereocenters. The summed E-state index contributed by atoms with van der Waals surface area (Å²) in [4.78, 5) is 13.6. The monoisotopic (exact) mass is 250 g/mol. The van der Waals surface area contributed by atoms with Gasteiger partial charge in [-0.25, -0.2) is 4.98 Å². The zero-order valence-corrected chi connectivity index (χ0v) is 12.2. The Kier molecular flexibility index (Phi) is 6.65. The van der Waals surface area contributed by atoms with Crippen LogP contribution in [0, 0.1) is 0 Å². The van der Waals surface area contributed by atoms with Gasteiger partial charge < -0.3 is 9.80 Å². The molecule has 1 aromatic heterocycles. The molecule has 4 heteroatoms. The molecule has 4 nitrogen and oxygen atoms in total. The standard InChI is InChI=1S/C12H20N4.C2H6/c1-3-11-9-14-12(10-13-11)16-7-5-15(4-2)6-8-16;1-2/h9-10H,3-8H2,1-2H3;1-2H3. The molecule has 102 valence electrons. The first kappa shape index (κ1) is 14.9. The summed E-state index contributed by atoms with van der Waals surface area (Å²) < 4.78 is 0. The Bertz CT molecular complexity index is 315. The molecule has 0 saturated carbocycles. The van der Waals surface area contributed by atoms with Gasteiger partial charge in [0.15, 0.2) is 0 Å². The van der Waals surface area contributed by atoms with Crippen molar-refractivity contribution >= 4 is 5.82 Å². The predicted octanol–water partition coefficient (Wildman–Crippen LogP) is 2.21. The summed E-state index contributed by atoms with van der Waals surface area (Å²) in [6, 6.07) is 0. The summed E-state index contributed by atoms with van der Waals surface area (Å²) in [5, 5.41) is 0. The molecule has 2 heterocycles. The third-order valence-electron chi connectivity index (χ3n) is 3.20. The molecule has 1 saturated heterocycles. The van der Waals surface area contributed by atoms with Crippen LogP contribution in [0.15, 0.2) is 12.4 Å². The molecule has 1 aromatic rings. The van der Waals surface area contributed by atoms with Gasteiger partial charge in [-0.05, 0) is 13.0 Å². The van der Waals surface area contributed by atoms with Gasteiger partial charge in [0.2, 0.25) is 0 Å². The molecule has 0 radical (unpaired) electrons. The molecule has 2 rings (SSSR count). The number of piperazine rings is 1. The van der Waals surface area contributed by atoms with Gasteiger partial charge in [0.05, 0.1) is 18.1 Å². The molecule has 0 N–H and O–H groups in total. The van der Waals surface area contributed by atoms with E-state index < -0.39 is 0 Å². The van der Waals surface area contributed by atoms with E-state index in [0.29, 0.717) is 0 Å². The van der Waals surface area contributed by atoms with Crippen molar-refractivity contribution < 1.29 is 0 Å². The van der Waals surface area contributed by atoms with E-state index in [1.807, 2.05) is 26.2 Å². The second kappa shape index (κ2) is 8.03. The first-order chi connectivity index (χ1) is 8.83. The van der Waals surface area contributed by atoms with Crippen LogP contribution >= 0.6 is 0 Å². The normalized spacial score (nSPS) is 16.1. The van der Waals surface area contributed by atoms with E-state index in [1.165, 1.54) is 0 Å². The quantitative estimate of drug-likeness (QED) is 0.823. The number of aryl methyl sites for hydroxylation is 1. The van der Waals surface area contributed by atoms with Crippen molar-refractivity contribution in [2.45, 2.75) is 34.1 Å². The topological polar surface area (TPSA) is 32.3 Å². The van der Waals surface area contributed by atoms with Crippen molar-refractivity contribution in [1.82, 2.24) is 14.9 Å². The maximum Gasteiger partial charge on any atom is 0.147 e. The maximum atomic E-state index is 4.47. The van der Waals surface area contributed by atoms with E-state index in [9.17, 15) is 0 Å². The van der Waals surface area contributed by atoms with Gasteiger partial charge in [-0.15, -0.1) is 0 Å². The summed E-state index contributed by atoms with van der Waals surface area (Å²) in [7, 11) is 0. The largest absolute Gasteiger partial charge is 0.353 e. The first-order valence-corrected chi connectivity index (χ1v) is 7.11. The number of hydrogen-bond donors (Lipinski definition) is 0. The summed E-state index contributed by atoms with van der Waals surface area (Å²) in [5.74, 6) is 1.02. The van der Waals surface area contributed by atoms with E-state index in [1.54, 1.807) is 0 Å². The van der Waals surface area contributed by atoms with Gasteiger partial charge >= 0.3 is 0 Å². The summed E-state index contributed by atoms with van der Waals surface area (Å²) in [6.07, 6.45) is 4.75. The Morgan fingerprint density at radius 3 is 2.11 bits per heavy atom. The number of hydrogen-bond acceptors (Lipinski definition) is 4. The molecule has 0 aliphatic carbocycles. The van der Waals surface area contributed by atoms with Crippen molar-refractivity contribution in [2.75, 3.05) is 37.6 Å². The second-order valence-corrected chi connectivity index (χ2v) is 4.14. The Labute approximate surface area is 111 Å². The molecule has 18 heavy (non-hydrogen) atoms.